The van der Waals surface area contributed by atoms with Crippen LogP contribution >= 0.6 is 7.26 Å². The van der Waals surface area contributed by atoms with Crippen molar-refractivity contribution in [3.05, 3.63) is 115 Å². The zero-order chi connectivity index (χ0) is 18.5. The van der Waals surface area contributed by atoms with Crippen LogP contribution in [-0.4, -0.2) is 6.29 Å². The zero-order valence-corrected chi connectivity index (χ0v) is 15.8. The van der Waals surface area contributed by atoms with Crippen LogP contribution in [0.4, 0.5) is 0 Å². The van der Waals surface area contributed by atoms with Gasteiger partial charge in [-0.05, 0) is 48.5 Å². The molecule has 0 spiro atoms. The summed E-state index contributed by atoms with van der Waals surface area (Å²) in [5, 5.41) is 3.89. The van der Waals surface area contributed by atoms with Gasteiger partial charge in [0.25, 0.3) is 0 Å². The number of hydrogen-bond acceptors (Lipinski definition) is 2. The molecule has 0 unspecified atom stereocenters. The summed E-state index contributed by atoms with van der Waals surface area (Å²) < 4.78 is 5.81. The van der Waals surface area contributed by atoms with Crippen molar-refractivity contribution in [1.82, 2.24) is 0 Å². The Hall–Kier alpha value is -2.96. The smallest absolute Gasteiger partial charge is 0.185 e. The first-order chi connectivity index (χ1) is 13.3. The lowest BCUT2D eigenvalue weighted by Crippen LogP contribution is -2.32. The maximum atomic E-state index is 11.1. The molecule has 0 radical (unpaired) electrons. The van der Waals surface area contributed by atoms with Crippen LogP contribution in [0.1, 0.15) is 16.3 Å². The van der Waals surface area contributed by atoms with E-state index in [1.165, 1.54) is 15.9 Å². The van der Waals surface area contributed by atoms with Gasteiger partial charge in [-0.3, -0.25) is 4.79 Å². The standard InChI is InChI=1S/C24H20O2P/c25-18-20-16-17-21(26-20)19-27(22-10-4-1-5-11-22,23-12-6-2-7-13-23)24-14-8-3-9-15-24/h1-18H,19H2/q+1. The molecule has 4 rings (SSSR count). The molecular weight excluding hydrogens is 351 g/mol. The lowest BCUT2D eigenvalue weighted by Gasteiger charge is -2.26. The first kappa shape index (κ1) is 17.5. The van der Waals surface area contributed by atoms with Crippen LogP contribution in [0.15, 0.2) is 108 Å². The number of aldehydes is 1. The van der Waals surface area contributed by atoms with Crippen molar-refractivity contribution in [2.45, 2.75) is 6.16 Å². The lowest BCUT2D eigenvalue weighted by molar-refractivity contribution is 0.109. The molecule has 0 saturated carbocycles. The number of carbonyl (C=O) groups is 1. The van der Waals surface area contributed by atoms with Crippen molar-refractivity contribution < 1.29 is 9.21 Å². The highest BCUT2D eigenvalue weighted by Gasteiger charge is 2.46. The summed E-state index contributed by atoms with van der Waals surface area (Å²) in [4.78, 5) is 11.1. The molecule has 0 amide bonds. The lowest BCUT2D eigenvalue weighted by atomic mass is 10.4. The van der Waals surface area contributed by atoms with Gasteiger partial charge in [0.05, 0.1) is 0 Å². The summed E-state index contributed by atoms with van der Waals surface area (Å²) in [6.45, 7) is 0. The van der Waals surface area contributed by atoms with E-state index in [0.717, 1.165) is 18.2 Å². The van der Waals surface area contributed by atoms with Gasteiger partial charge in [0.1, 0.15) is 35.1 Å². The fraction of sp³-hybridized carbons (Fsp3) is 0.0417. The zero-order valence-electron chi connectivity index (χ0n) is 14.9. The normalized spacial score (nSPS) is 11.3. The van der Waals surface area contributed by atoms with Crippen LogP contribution in [0.3, 0.4) is 0 Å². The van der Waals surface area contributed by atoms with Crippen LogP contribution in [-0.2, 0) is 6.16 Å². The average molecular weight is 371 g/mol. The summed E-state index contributed by atoms with van der Waals surface area (Å²) in [7, 11) is -1.98. The summed E-state index contributed by atoms with van der Waals surface area (Å²) in [6, 6.07) is 35.6. The van der Waals surface area contributed by atoms with Crippen molar-refractivity contribution in [1.29, 1.82) is 0 Å². The van der Waals surface area contributed by atoms with Gasteiger partial charge in [-0.15, -0.1) is 0 Å². The van der Waals surface area contributed by atoms with E-state index in [1.54, 1.807) is 6.07 Å². The van der Waals surface area contributed by atoms with E-state index in [4.69, 9.17) is 4.42 Å². The summed E-state index contributed by atoms with van der Waals surface area (Å²) in [6.07, 6.45) is 1.50. The second-order valence-electron chi connectivity index (χ2n) is 6.40. The maximum absolute atomic E-state index is 11.1. The van der Waals surface area contributed by atoms with Gasteiger partial charge in [0.15, 0.2) is 12.0 Å². The Labute approximate surface area is 159 Å². The van der Waals surface area contributed by atoms with Crippen LogP contribution in [0.5, 0.6) is 0 Å². The molecular formula is C24H20O2P+. The number of carbonyl (C=O) groups excluding carboxylic acids is 1. The Morgan fingerprint density at radius 2 is 1.07 bits per heavy atom. The largest absolute Gasteiger partial charge is 0.454 e. The SMILES string of the molecule is O=Cc1ccc(C[P+](c2ccccc2)(c2ccccc2)c2ccccc2)o1. The van der Waals surface area contributed by atoms with E-state index in [2.05, 4.69) is 72.8 Å². The Morgan fingerprint density at radius 3 is 1.44 bits per heavy atom. The third kappa shape index (κ3) is 3.37. The van der Waals surface area contributed by atoms with E-state index >= 15 is 0 Å². The number of hydrogen-bond donors (Lipinski definition) is 0. The third-order valence-electron chi connectivity index (χ3n) is 4.78. The van der Waals surface area contributed by atoms with Gasteiger partial charge in [0.2, 0.25) is 0 Å². The van der Waals surface area contributed by atoms with Crippen LogP contribution in [0.25, 0.3) is 0 Å². The van der Waals surface area contributed by atoms with Crippen LogP contribution in [0.2, 0.25) is 0 Å². The van der Waals surface area contributed by atoms with Crippen molar-refractivity contribution >= 4 is 29.5 Å². The Bertz CT molecular complexity index is 911. The average Bonchev–Trinajstić information content (AvgIpc) is 3.21. The molecule has 0 aliphatic heterocycles. The molecule has 0 saturated heterocycles. The van der Waals surface area contributed by atoms with Gasteiger partial charge in [-0.25, -0.2) is 0 Å². The Balaban J connectivity index is 1.98. The molecule has 0 bridgehead atoms. The fourth-order valence-electron chi connectivity index (χ4n) is 3.55. The predicted molar refractivity (Wildman–Crippen MR) is 113 cm³/mol. The van der Waals surface area contributed by atoms with E-state index in [9.17, 15) is 4.79 Å². The van der Waals surface area contributed by atoms with E-state index in [1.807, 2.05) is 24.3 Å². The highest BCUT2D eigenvalue weighted by molar-refractivity contribution is 7.95. The summed E-state index contributed by atoms with van der Waals surface area (Å²) >= 11 is 0. The monoisotopic (exact) mass is 371 g/mol. The molecule has 1 heterocycles. The number of benzene rings is 3. The molecule has 0 fully saturated rings. The minimum atomic E-state index is -1.98. The molecule has 27 heavy (non-hydrogen) atoms. The van der Waals surface area contributed by atoms with Crippen molar-refractivity contribution in [2.24, 2.45) is 0 Å². The van der Waals surface area contributed by atoms with Crippen molar-refractivity contribution in [3.8, 4) is 0 Å². The molecule has 0 atom stereocenters. The number of rotatable bonds is 6. The number of furan rings is 1. The molecule has 4 aromatic rings. The Morgan fingerprint density at radius 1 is 0.630 bits per heavy atom. The summed E-state index contributed by atoms with van der Waals surface area (Å²) in [5.41, 5.74) is 0. The summed E-state index contributed by atoms with van der Waals surface area (Å²) in [5.74, 6) is 1.21. The van der Waals surface area contributed by atoms with Gasteiger partial charge in [0, 0.05) is 0 Å². The topological polar surface area (TPSA) is 30.2 Å². The minimum absolute atomic E-state index is 0.372. The molecule has 0 aliphatic carbocycles. The van der Waals surface area contributed by atoms with E-state index in [0.29, 0.717) is 5.76 Å². The molecule has 0 N–H and O–H groups in total. The molecule has 2 nitrogen and oxygen atoms in total. The van der Waals surface area contributed by atoms with Gasteiger partial charge in [-0.1, -0.05) is 54.6 Å². The predicted octanol–water partition coefficient (Wildman–Crippen LogP) is 4.59. The Kier molecular flexibility index (Phi) is 5.00. The maximum Gasteiger partial charge on any atom is 0.185 e. The van der Waals surface area contributed by atoms with E-state index in [-0.39, 0.29) is 0 Å². The molecule has 3 aromatic carbocycles. The molecule has 3 heteroatoms. The second-order valence-corrected chi connectivity index (χ2v) is 9.88. The highest BCUT2D eigenvalue weighted by atomic mass is 31.2. The third-order valence-corrected chi connectivity index (χ3v) is 9.11. The minimum Gasteiger partial charge on any atom is -0.454 e. The molecule has 0 aliphatic rings. The quantitative estimate of drug-likeness (QED) is 0.367. The van der Waals surface area contributed by atoms with Crippen molar-refractivity contribution in [3.63, 3.8) is 0 Å². The van der Waals surface area contributed by atoms with Crippen LogP contribution < -0.4 is 15.9 Å². The van der Waals surface area contributed by atoms with Gasteiger partial charge in [-0.2, -0.15) is 0 Å². The van der Waals surface area contributed by atoms with E-state index < -0.39 is 7.26 Å². The van der Waals surface area contributed by atoms with Crippen LogP contribution in [0, 0.1) is 0 Å². The molecule has 132 valence electrons. The first-order valence-electron chi connectivity index (χ1n) is 8.92. The molecule has 1 aromatic heterocycles. The first-order valence-corrected chi connectivity index (χ1v) is 10.9. The van der Waals surface area contributed by atoms with Gasteiger partial charge < -0.3 is 4.42 Å². The van der Waals surface area contributed by atoms with Gasteiger partial charge >= 0.3 is 0 Å². The fourth-order valence-corrected chi connectivity index (χ4v) is 7.67. The van der Waals surface area contributed by atoms with Crippen molar-refractivity contribution in [2.75, 3.05) is 0 Å². The second kappa shape index (κ2) is 7.73. The highest BCUT2D eigenvalue weighted by Crippen LogP contribution is 2.58.